The summed E-state index contributed by atoms with van der Waals surface area (Å²) in [5, 5.41) is 0. The number of nitrogens with zero attached hydrogens (tertiary/aromatic N) is 2. The smallest absolute Gasteiger partial charge is 0.335 e. The lowest BCUT2D eigenvalue weighted by atomic mass is 9.91. The van der Waals surface area contributed by atoms with E-state index in [4.69, 9.17) is 9.47 Å². The lowest BCUT2D eigenvalue weighted by molar-refractivity contribution is -0.156. The minimum absolute atomic E-state index is 0.160. The summed E-state index contributed by atoms with van der Waals surface area (Å²) in [6.45, 7) is 8.45. The second-order valence-corrected chi connectivity index (χ2v) is 10.0. The highest BCUT2D eigenvalue weighted by atomic mass is 16.6. The fourth-order valence-electron chi connectivity index (χ4n) is 5.96. The molecule has 8 heteroatoms. The Kier molecular flexibility index (Phi) is 5.12. The van der Waals surface area contributed by atoms with Gasteiger partial charge in [-0.25, -0.2) is 9.59 Å². The Labute approximate surface area is 214 Å². The number of hydrogen-bond donors (Lipinski definition) is 0. The van der Waals surface area contributed by atoms with Gasteiger partial charge in [0, 0.05) is 48.2 Å². The van der Waals surface area contributed by atoms with E-state index in [1.807, 2.05) is 48.5 Å². The number of ether oxygens (including phenoxy) is 2. The third kappa shape index (κ3) is 3.21. The molecular weight excluding hydrogens is 472 g/mol. The van der Waals surface area contributed by atoms with Crippen LogP contribution in [-0.4, -0.2) is 36.8 Å². The summed E-state index contributed by atoms with van der Waals surface area (Å²) in [6, 6.07) is 14.8. The number of rotatable bonds is 6. The molecule has 0 aliphatic carbocycles. The first-order valence-corrected chi connectivity index (χ1v) is 12.4. The first-order chi connectivity index (χ1) is 17.8. The van der Waals surface area contributed by atoms with Gasteiger partial charge in [0.1, 0.15) is 0 Å². The monoisotopic (exact) mass is 498 g/mol. The molecule has 0 N–H and O–H groups in total. The highest BCUT2D eigenvalue weighted by Crippen LogP contribution is 2.51. The van der Waals surface area contributed by atoms with Crippen molar-refractivity contribution in [3.63, 3.8) is 0 Å². The van der Waals surface area contributed by atoms with Gasteiger partial charge in [-0.2, -0.15) is 0 Å². The molecule has 2 unspecified atom stereocenters. The van der Waals surface area contributed by atoms with Crippen molar-refractivity contribution in [2.24, 2.45) is 0 Å². The molecule has 37 heavy (non-hydrogen) atoms. The minimum Gasteiger partial charge on any atom is -0.440 e. The van der Waals surface area contributed by atoms with E-state index in [1.165, 1.54) is 0 Å². The van der Waals surface area contributed by atoms with Crippen LogP contribution in [0.25, 0.3) is 0 Å². The van der Waals surface area contributed by atoms with Crippen LogP contribution in [0.15, 0.2) is 72.8 Å². The molecule has 2 fully saturated rings. The molecule has 4 aliphatic rings. The Balaban J connectivity index is 1.12. The molecule has 0 bridgehead atoms. The van der Waals surface area contributed by atoms with Crippen molar-refractivity contribution in [1.29, 1.82) is 0 Å². The van der Waals surface area contributed by atoms with Crippen LogP contribution in [0.1, 0.15) is 43.2 Å². The van der Waals surface area contributed by atoms with Gasteiger partial charge in [0.2, 0.25) is 11.2 Å². The van der Waals surface area contributed by atoms with Gasteiger partial charge in [-0.1, -0.05) is 49.6 Å². The molecule has 8 nitrogen and oxygen atoms in total. The lowest BCUT2D eigenvalue weighted by Gasteiger charge is -2.23. The van der Waals surface area contributed by atoms with Crippen LogP contribution in [0.3, 0.4) is 0 Å². The van der Waals surface area contributed by atoms with Gasteiger partial charge >= 0.3 is 11.9 Å². The maximum absolute atomic E-state index is 13.4. The second kappa shape index (κ2) is 8.16. The number of carbonyl (C=O) groups excluding carboxylic acids is 4. The fraction of sp³-hybridized carbons (Fsp3) is 0.310. The first kappa shape index (κ1) is 23.2. The summed E-state index contributed by atoms with van der Waals surface area (Å²) in [6.07, 6.45) is 2.48. The largest absolute Gasteiger partial charge is 0.440 e. The summed E-state index contributed by atoms with van der Waals surface area (Å²) >= 11 is 0. The van der Waals surface area contributed by atoms with E-state index in [9.17, 15) is 19.2 Å². The predicted molar refractivity (Wildman–Crippen MR) is 134 cm³/mol. The summed E-state index contributed by atoms with van der Waals surface area (Å²) < 4.78 is 11.2. The average molecular weight is 499 g/mol. The normalized spacial score (nSPS) is 25.9. The highest BCUT2D eigenvalue weighted by Gasteiger charge is 2.59. The Bertz CT molecular complexity index is 1270. The SMILES string of the molecule is C=C1CC2(OC1=O)C(=O)N(CCCCCN1C(=O)C3(CC(=C)C(=O)O3)c3ccccc31)c1ccccc12. The summed E-state index contributed by atoms with van der Waals surface area (Å²) in [5.74, 6) is -1.55. The molecule has 4 heterocycles. The van der Waals surface area contributed by atoms with Crippen molar-refractivity contribution < 1.29 is 28.7 Å². The molecule has 2 aromatic rings. The Morgan fingerprint density at radius 2 is 1.05 bits per heavy atom. The third-order valence-electron chi connectivity index (χ3n) is 7.74. The summed E-state index contributed by atoms with van der Waals surface area (Å²) in [7, 11) is 0. The van der Waals surface area contributed by atoms with Crippen LogP contribution in [0, 0.1) is 0 Å². The van der Waals surface area contributed by atoms with Crippen molar-refractivity contribution in [3.8, 4) is 0 Å². The maximum atomic E-state index is 13.4. The molecular formula is C29H26N2O6. The number of esters is 2. The topological polar surface area (TPSA) is 93.2 Å². The molecule has 0 aromatic heterocycles. The molecule has 2 spiro atoms. The van der Waals surface area contributed by atoms with Crippen LogP contribution in [0.2, 0.25) is 0 Å². The van der Waals surface area contributed by atoms with Crippen molar-refractivity contribution in [2.75, 3.05) is 22.9 Å². The second-order valence-electron chi connectivity index (χ2n) is 10.0. The van der Waals surface area contributed by atoms with Crippen molar-refractivity contribution >= 4 is 35.1 Å². The maximum Gasteiger partial charge on any atom is 0.335 e. The standard InChI is InChI=1S/C29H26N2O6/c1-18-16-28(36-24(18)32)20-10-4-6-12-22(20)30(26(28)34)14-8-3-9-15-31-23-13-7-5-11-21(23)29(27(31)35)17-19(2)25(33)37-29/h4-7,10-13H,1-3,8-9,14-17H2. The van der Waals surface area contributed by atoms with E-state index < -0.39 is 23.1 Å². The fourth-order valence-corrected chi connectivity index (χ4v) is 5.96. The molecule has 2 atom stereocenters. The van der Waals surface area contributed by atoms with Gasteiger partial charge in [0.05, 0.1) is 11.4 Å². The predicted octanol–water partition coefficient (Wildman–Crippen LogP) is 3.65. The van der Waals surface area contributed by atoms with Crippen molar-refractivity contribution in [2.45, 2.75) is 43.3 Å². The number of benzene rings is 2. The Morgan fingerprint density at radius 1 is 0.649 bits per heavy atom. The average Bonchev–Trinajstić information content (AvgIpc) is 3.52. The van der Waals surface area contributed by atoms with Gasteiger partial charge < -0.3 is 19.3 Å². The van der Waals surface area contributed by atoms with Crippen LogP contribution in [-0.2, 0) is 39.9 Å². The minimum atomic E-state index is -1.31. The third-order valence-corrected chi connectivity index (χ3v) is 7.74. The van der Waals surface area contributed by atoms with Crippen LogP contribution >= 0.6 is 0 Å². The zero-order valence-corrected chi connectivity index (χ0v) is 20.3. The molecule has 4 aliphatic heterocycles. The molecule has 2 aromatic carbocycles. The molecule has 6 rings (SSSR count). The molecule has 188 valence electrons. The number of fused-ring (bicyclic) bond motifs is 4. The van der Waals surface area contributed by atoms with Crippen LogP contribution < -0.4 is 9.80 Å². The van der Waals surface area contributed by atoms with Crippen molar-refractivity contribution in [1.82, 2.24) is 0 Å². The quantitative estimate of drug-likeness (QED) is 0.343. The van der Waals surface area contributed by atoms with Gasteiger partial charge in [-0.15, -0.1) is 0 Å². The number of carbonyl (C=O) groups is 4. The number of anilines is 2. The molecule has 2 saturated heterocycles. The van der Waals surface area contributed by atoms with E-state index in [0.717, 1.165) is 17.8 Å². The van der Waals surface area contributed by atoms with E-state index in [2.05, 4.69) is 13.2 Å². The molecule has 2 amide bonds. The molecule has 0 radical (unpaired) electrons. The summed E-state index contributed by atoms with van der Waals surface area (Å²) in [4.78, 5) is 54.5. The number of hydrogen-bond acceptors (Lipinski definition) is 6. The van der Waals surface area contributed by atoms with Crippen molar-refractivity contribution in [3.05, 3.63) is 84.0 Å². The number of amides is 2. The zero-order valence-electron chi connectivity index (χ0n) is 20.3. The van der Waals surface area contributed by atoms with E-state index in [1.54, 1.807) is 9.80 Å². The Morgan fingerprint density at radius 3 is 1.43 bits per heavy atom. The van der Waals surface area contributed by atoms with Gasteiger partial charge in [-0.05, 0) is 31.4 Å². The van der Waals surface area contributed by atoms with Gasteiger partial charge in [-0.3, -0.25) is 9.59 Å². The highest BCUT2D eigenvalue weighted by molar-refractivity contribution is 6.12. The number of unbranched alkanes of at least 4 members (excludes halogenated alkanes) is 2. The van der Waals surface area contributed by atoms with Crippen LogP contribution in [0.5, 0.6) is 0 Å². The van der Waals surface area contributed by atoms with E-state index in [0.29, 0.717) is 48.2 Å². The molecule has 0 saturated carbocycles. The van der Waals surface area contributed by atoms with E-state index >= 15 is 0 Å². The summed E-state index contributed by atoms with van der Waals surface area (Å²) in [5.41, 5.74) is 0.881. The van der Waals surface area contributed by atoms with Crippen LogP contribution in [0.4, 0.5) is 11.4 Å². The van der Waals surface area contributed by atoms with E-state index in [-0.39, 0.29) is 24.7 Å². The van der Waals surface area contributed by atoms with Gasteiger partial charge in [0.25, 0.3) is 11.8 Å². The zero-order chi connectivity index (χ0) is 25.9. The Hall–Kier alpha value is -4.20. The lowest BCUT2D eigenvalue weighted by Crippen LogP contribution is -2.41. The number of para-hydroxylation sites is 2. The van der Waals surface area contributed by atoms with Gasteiger partial charge in [0.15, 0.2) is 0 Å². The first-order valence-electron chi connectivity index (χ1n) is 12.4.